The lowest BCUT2D eigenvalue weighted by Crippen LogP contribution is -2.37. The number of rotatable bonds is 7. The first-order valence-electron chi connectivity index (χ1n) is 8.37. The van der Waals surface area contributed by atoms with Crippen molar-refractivity contribution >= 4 is 17.6 Å². The first-order valence-corrected chi connectivity index (χ1v) is 8.75. The van der Waals surface area contributed by atoms with Gasteiger partial charge in [-0.25, -0.2) is 4.98 Å². The van der Waals surface area contributed by atoms with E-state index in [9.17, 15) is 0 Å². The Kier molecular flexibility index (Phi) is 7.54. The van der Waals surface area contributed by atoms with Gasteiger partial charge in [-0.15, -0.1) is 0 Å². The molecule has 0 saturated carbocycles. The lowest BCUT2D eigenvalue weighted by Gasteiger charge is -2.12. The van der Waals surface area contributed by atoms with Crippen LogP contribution in [-0.2, 0) is 13.0 Å². The number of aliphatic imine (C=N–C) groups is 1. The van der Waals surface area contributed by atoms with E-state index in [0.717, 1.165) is 29.5 Å². The maximum Gasteiger partial charge on any atom is 0.213 e. The van der Waals surface area contributed by atoms with E-state index < -0.39 is 0 Å². The van der Waals surface area contributed by atoms with Crippen LogP contribution in [0.15, 0.2) is 47.6 Å². The fourth-order valence-corrected chi connectivity index (χ4v) is 2.34. The summed E-state index contributed by atoms with van der Waals surface area (Å²) in [5, 5.41) is 7.34. The number of benzene rings is 1. The number of ether oxygens (including phenoxy) is 1. The van der Waals surface area contributed by atoms with Crippen molar-refractivity contribution in [1.29, 1.82) is 0 Å². The summed E-state index contributed by atoms with van der Waals surface area (Å²) in [5.74, 6) is 1.40. The summed E-state index contributed by atoms with van der Waals surface area (Å²) < 4.78 is 5.54. The maximum atomic E-state index is 5.89. The molecular formula is C19H25ClN4O. The molecule has 0 aliphatic carbocycles. The fraction of sp³-hybridized carbons (Fsp3) is 0.368. The minimum Gasteiger partial charge on any atom is -0.475 e. The van der Waals surface area contributed by atoms with Crippen molar-refractivity contribution in [3.63, 3.8) is 0 Å². The zero-order valence-electron chi connectivity index (χ0n) is 14.9. The number of hydrogen-bond acceptors (Lipinski definition) is 3. The predicted octanol–water partition coefficient (Wildman–Crippen LogP) is 3.43. The number of halogens is 1. The van der Waals surface area contributed by atoms with Gasteiger partial charge in [-0.2, -0.15) is 0 Å². The minimum absolute atomic E-state index is 0.125. The van der Waals surface area contributed by atoms with E-state index in [1.54, 1.807) is 7.05 Å². The highest BCUT2D eigenvalue weighted by Gasteiger charge is 2.02. The highest BCUT2D eigenvalue weighted by Crippen LogP contribution is 2.10. The Balaban J connectivity index is 1.75. The van der Waals surface area contributed by atoms with Crippen molar-refractivity contribution in [2.24, 2.45) is 4.99 Å². The van der Waals surface area contributed by atoms with Crippen LogP contribution in [0.2, 0.25) is 5.02 Å². The van der Waals surface area contributed by atoms with Crippen LogP contribution in [0.1, 0.15) is 25.0 Å². The predicted molar refractivity (Wildman–Crippen MR) is 103 cm³/mol. The molecule has 0 bridgehead atoms. The van der Waals surface area contributed by atoms with E-state index in [-0.39, 0.29) is 6.10 Å². The quantitative estimate of drug-likeness (QED) is 0.586. The summed E-state index contributed by atoms with van der Waals surface area (Å²) in [4.78, 5) is 8.53. The van der Waals surface area contributed by atoms with E-state index in [1.807, 2.05) is 56.4 Å². The van der Waals surface area contributed by atoms with Crippen LogP contribution in [0.5, 0.6) is 5.88 Å². The van der Waals surface area contributed by atoms with Gasteiger partial charge in [0.05, 0.1) is 6.10 Å². The minimum atomic E-state index is 0.125. The number of pyridine rings is 1. The third-order valence-electron chi connectivity index (χ3n) is 3.46. The topological polar surface area (TPSA) is 58.5 Å². The second kappa shape index (κ2) is 9.89. The van der Waals surface area contributed by atoms with Gasteiger partial charge in [0.15, 0.2) is 5.96 Å². The van der Waals surface area contributed by atoms with Gasteiger partial charge in [0.1, 0.15) is 0 Å². The smallest absolute Gasteiger partial charge is 0.213 e. The molecule has 2 rings (SSSR count). The first kappa shape index (κ1) is 19.1. The summed E-state index contributed by atoms with van der Waals surface area (Å²) in [5.41, 5.74) is 2.30. The Morgan fingerprint density at radius 3 is 2.44 bits per heavy atom. The monoisotopic (exact) mass is 360 g/mol. The molecule has 0 unspecified atom stereocenters. The second-order valence-corrected chi connectivity index (χ2v) is 6.34. The van der Waals surface area contributed by atoms with Gasteiger partial charge in [-0.1, -0.05) is 29.8 Å². The number of guanidine groups is 1. The summed E-state index contributed by atoms with van der Waals surface area (Å²) in [6.45, 7) is 5.41. The number of nitrogens with one attached hydrogen (secondary N) is 2. The summed E-state index contributed by atoms with van der Waals surface area (Å²) in [6.07, 6.45) is 2.84. The molecular weight excluding hydrogens is 336 g/mol. The standard InChI is InChI=1S/C19H25ClN4O/c1-14(2)25-18-9-6-16(12-23-18)13-24-19(21-3)22-11-10-15-4-7-17(20)8-5-15/h4-9,12,14H,10-11,13H2,1-3H3,(H2,21,22,24). The normalized spacial score (nSPS) is 11.5. The highest BCUT2D eigenvalue weighted by molar-refractivity contribution is 6.30. The van der Waals surface area contributed by atoms with Crippen LogP contribution in [0.3, 0.4) is 0 Å². The molecule has 1 aromatic heterocycles. The maximum absolute atomic E-state index is 5.89. The number of hydrogen-bond donors (Lipinski definition) is 2. The third kappa shape index (κ3) is 7.01. The molecule has 0 radical (unpaired) electrons. The molecule has 134 valence electrons. The Morgan fingerprint density at radius 2 is 1.84 bits per heavy atom. The van der Waals surface area contributed by atoms with E-state index in [4.69, 9.17) is 16.3 Å². The van der Waals surface area contributed by atoms with Crippen molar-refractivity contribution in [3.8, 4) is 5.88 Å². The van der Waals surface area contributed by atoms with Crippen LogP contribution in [-0.4, -0.2) is 30.6 Å². The Morgan fingerprint density at radius 1 is 1.12 bits per heavy atom. The Bertz CT molecular complexity index is 669. The van der Waals surface area contributed by atoms with E-state index in [2.05, 4.69) is 20.6 Å². The van der Waals surface area contributed by atoms with Gasteiger partial charge >= 0.3 is 0 Å². The molecule has 6 heteroatoms. The highest BCUT2D eigenvalue weighted by atomic mass is 35.5. The van der Waals surface area contributed by atoms with Gasteiger partial charge in [-0.3, -0.25) is 4.99 Å². The Labute approximate surface area is 154 Å². The van der Waals surface area contributed by atoms with Gasteiger partial charge in [0.25, 0.3) is 0 Å². The molecule has 0 spiro atoms. The van der Waals surface area contributed by atoms with Gasteiger partial charge in [-0.05, 0) is 43.5 Å². The van der Waals surface area contributed by atoms with Crippen LogP contribution < -0.4 is 15.4 Å². The number of nitrogens with zero attached hydrogens (tertiary/aromatic N) is 2. The molecule has 0 fully saturated rings. The SMILES string of the molecule is CN=C(NCCc1ccc(Cl)cc1)NCc1ccc(OC(C)C)nc1. The van der Waals surface area contributed by atoms with Crippen molar-refractivity contribution in [2.75, 3.05) is 13.6 Å². The zero-order valence-corrected chi connectivity index (χ0v) is 15.7. The summed E-state index contributed by atoms with van der Waals surface area (Å²) in [6, 6.07) is 11.8. The molecule has 1 aromatic carbocycles. The molecule has 2 N–H and O–H groups in total. The second-order valence-electron chi connectivity index (χ2n) is 5.90. The molecule has 0 amide bonds. The largest absolute Gasteiger partial charge is 0.475 e. The van der Waals surface area contributed by atoms with Gasteiger partial charge in [0, 0.05) is 37.4 Å². The third-order valence-corrected chi connectivity index (χ3v) is 3.71. The molecule has 0 saturated heterocycles. The average Bonchev–Trinajstić information content (AvgIpc) is 2.60. The molecule has 25 heavy (non-hydrogen) atoms. The Hall–Kier alpha value is -2.27. The fourth-order valence-electron chi connectivity index (χ4n) is 2.21. The average molecular weight is 361 g/mol. The van der Waals surface area contributed by atoms with E-state index in [1.165, 1.54) is 5.56 Å². The van der Waals surface area contributed by atoms with E-state index in [0.29, 0.717) is 12.4 Å². The van der Waals surface area contributed by atoms with Crippen LogP contribution in [0.4, 0.5) is 0 Å². The van der Waals surface area contributed by atoms with Crippen LogP contribution in [0, 0.1) is 0 Å². The molecule has 0 atom stereocenters. The summed E-state index contributed by atoms with van der Waals surface area (Å²) in [7, 11) is 1.76. The number of aromatic nitrogens is 1. The molecule has 1 heterocycles. The molecule has 2 aromatic rings. The molecule has 0 aliphatic rings. The van der Waals surface area contributed by atoms with Crippen molar-refractivity contribution in [2.45, 2.75) is 32.9 Å². The van der Waals surface area contributed by atoms with Crippen molar-refractivity contribution in [1.82, 2.24) is 15.6 Å². The van der Waals surface area contributed by atoms with Crippen LogP contribution >= 0.6 is 11.6 Å². The molecule has 5 nitrogen and oxygen atoms in total. The lowest BCUT2D eigenvalue weighted by atomic mass is 10.1. The van der Waals surface area contributed by atoms with Gasteiger partial charge in [0.2, 0.25) is 5.88 Å². The lowest BCUT2D eigenvalue weighted by molar-refractivity contribution is 0.232. The van der Waals surface area contributed by atoms with Crippen LogP contribution in [0.25, 0.3) is 0 Å². The molecule has 0 aliphatic heterocycles. The first-order chi connectivity index (χ1) is 12.1. The van der Waals surface area contributed by atoms with Gasteiger partial charge < -0.3 is 15.4 Å². The van der Waals surface area contributed by atoms with E-state index >= 15 is 0 Å². The van der Waals surface area contributed by atoms with Crippen molar-refractivity contribution in [3.05, 3.63) is 58.7 Å². The van der Waals surface area contributed by atoms with Crippen molar-refractivity contribution < 1.29 is 4.74 Å². The summed E-state index contributed by atoms with van der Waals surface area (Å²) >= 11 is 5.89. The zero-order chi connectivity index (χ0) is 18.1.